The van der Waals surface area contributed by atoms with Crippen molar-refractivity contribution in [2.45, 2.75) is 12.8 Å². The molecule has 0 bridgehead atoms. The van der Waals surface area contributed by atoms with Crippen molar-refractivity contribution in [1.82, 2.24) is 9.97 Å². The number of nitrogens with zero attached hydrogens (tertiary/aromatic N) is 2. The maximum atomic E-state index is 5.42. The third kappa shape index (κ3) is 2.56. The molecule has 0 saturated carbocycles. The Labute approximate surface area is 83.3 Å². The molecule has 0 atom stereocenters. The Balaban J connectivity index is 2.82. The lowest BCUT2D eigenvalue weighted by Crippen LogP contribution is -2.04. The third-order valence-electron chi connectivity index (χ3n) is 1.83. The van der Waals surface area contributed by atoms with Crippen LogP contribution in [0, 0.1) is 0 Å². The van der Waals surface area contributed by atoms with Crippen molar-refractivity contribution in [3.05, 3.63) is 11.8 Å². The zero-order chi connectivity index (χ0) is 10.4. The van der Waals surface area contributed by atoms with E-state index in [0.29, 0.717) is 18.4 Å². The molecule has 0 radical (unpaired) electrons. The SMILES string of the molecule is COc1ncc(CCCN)c(OC)n1. The Morgan fingerprint density at radius 1 is 1.36 bits per heavy atom. The lowest BCUT2D eigenvalue weighted by atomic mass is 10.2. The highest BCUT2D eigenvalue weighted by Crippen LogP contribution is 2.18. The maximum Gasteiger partial charge on any atom is 0.319 e. The van der Waals surface area contributed by atoms with Crippen molar-refractivity contribution >= 4 is 0 Å². The van der Waals surface area contributed by atoms with Crippen LogP contribution in [-0.2, 0) is 6.42 Å². The minimum atomic E-state index is 0.318. The number of hydrogen-bond acceptors (Lipinski definition) is 5. The molecule has 0 unspecified atom stereocenters. The van der Waals surface area contributed by atoms with Gasteiger partial charge in [-0.15, -0.1) is 0 Å². The van der Waals surface area contributed by atoms with Crippen LogP contribution in [0.15, 0.2) is 6.20 Å². The topological polar surface area (TPSA) is 70.3 Å². The quantitative estimate of drug-likeness (QED) is 0.739. The molecule has 78 valence electrons. The van der Waals surface area contributed by atoms with Crippen molar-refractivity contribution < 1.29 is 9.47 Å². The minimum Gasteiger partial charge on any atom is -0.481 e. The Hall–Kier alpha value is -1.36. The van der Waals surface area contributed by atoms with Crippen LogP contribution in [0.4, 0.5) is 0 Å². The second-order valence-corrected chi connectivity index (χ2v) is 2.78. The average Bonchev–Trinajstić information content (AvgIpc) is 2.26. The summed E-state index contributed by atoms with van der Waals surface area (Å²) in [5.74, 6) is 0.560. The Morgan fingerprint density at radius 2 is 2.14 bits per heavy atom. The average molecular weight is 197 g/mol. The lowest BCUT2D eigenvalue weighted by molar-refractivity contribution is 0.348. The van der Waals surface area contributed by atoms with Gasteiger partial charge < -0.3 is 15.2 Å². The summed E-state index contributed by atoms with van der Waals surface area (Å²) >= 11 is 0. The summed E-state index contributed by atoms with van der Waals surface area (Å²) < 4.78 is 10.0. The molecule has 5 heteroatoms. The van der Waals surface area contributed by atoms with E-state index < -0.39 is 0 Å². The van der Waals surface area contributed by atoms with E-state index in [-0.39, 0.29) is 0 Å². The molecule has 1 rings (SSSR count). The van der Waals surface area contributed by atoms with Crippen molar-refractivity contribution in [3.63, 3.8) is 0 Å². The number of rotatable bonds is 5. The van der Waals surface area contributed by atoms with E-state index in [1.807, 2.05) is 0 Å². The van der Waals surface area contributed by atoms with Gasteiger partial charge in [0.25, 0.3) is 0 Å². The normalized spacial score (nSPS) is 9.93. The van der Waals surface area contributed by atoms with Gasteiger partial charge in [-0.05, 0) is 19.4 Å². The molecule has 0 saturated heterocycles. The standard InChI is InChI=1S/C9H15N3O2/c1-13-8-7(4-3-5-10)6-11-9(12-8)14-2/h6H,3-5,10H2,1-2H3. The first-order valence-electron chi connectivity index (χ1n) is 4.45. The summed E-state index contributed by atoms with van der Waals surface area (Å²) in [5.41, 5.74) is 6.37. The summed E-state index contributed by atoms with van der Waals surface area (Å²) in [6, 6.07) is 0.318. The molecule has 1 aromatic rings. The molecular weight excluding hydrogens is 182 g/mol. The van der Waals surface area contributed by atoms with E-state index in [2.05, 4.69) is 9.97 Å². The molecule has 0 amide bonds. The van der Waals surface area contributed by atoms with Crippen LogP contribution >= 0.6 is 0 Å². The lowest BCUT2D eigenvalue weighted by Gasteiger charge is -2.07. The molecule has 5 nitrogen and oxygen atoms in total. The summed E-state index contributed by atoms with van der Waals surface area (Å²) in [7, 11) is 3.10. The number of aromatic nitrogens is 2. The van der Waals surface area contributed by atoms with Gasteiger partial charge in [-0.25, -0.2) is 4.98 Å². The van der Waals surface area contributed by atoms with Gasteiger partial charge in [0, 0.05) is 11.8 Å². The molecule has 0 aliphatic heterocycles. The van der Waals surface area contributed by atoms with Gasteiger partial charge in [0.15, 0.2) is 0 Å². The van der Waals surface area contributed by atoms with Gasteiger partial charge in [-0.1, -0.05) is 0 Å². The van der Waals surface area contributed by atoms with Gasteiger partial charge >= 0.3 is 6.01 Å². The Morgan fingerprint density at radius 3 is 2.71 bits per heavy atom. The molecule has 0 aliphatic carbocycles. The molecule has 0 aliphatic rings. The largest absolute Gasteiger partial charge is 0.481 e. The van der Waals surface area contributed by atoms with Crippen LogP contribution in [0.25, 0.3) is 0 Å². The van der Waals surface area contributed by atoms with Gasteiger partial charge in [0.1, 0.15) is 0 Å². The van der Waals surface area contributed by atoms with Crippen LogP contribution in [0.1, 0.15) is 12.0 Å². The number of ether oxygens (including phenoxy) is 2. The smallest absolute Gasteiger partial charge is 0.319 e. The summed E-state index contributed by atoms with van der Waals surface area (Å²) in [5, 5.41) is 0. The first kappa shape index (κ1) is 10.7. The summed E-state index contributed by atoms with van der Waals surface area (Å²) in [6.45, 7) is 0.648. The highest BCUT2D eigenvalue weighted by atomic mass is 16.5. The van der Waals surface area contributed by atoms with Crippen molar-refractivity contribution in [1.29, 1.82) is 0 Å². The molecule has 1 aromatic heterocycles. The molecular formula is C9H15N3O2. The van der Waals surface area contributed by atoms with Crippen LogP contribution in [0.3, 0.4) is 0 Å². The number of hydrogen-bond donors (Lipinski definition) is 1. The molecule has 2 N–H and O–H groups in total. The van der Waals surface area contributed by atoms with E-state index in [1.165, 1.54) is 7.11 Å². The molecule has 14 heavy (non-hydrogen) atoms. The molecule has 0 fully saturated rings. The Bertz CT molecular complexity index is 291. The second-order valence-electron chi connectivity index (χ2n) is 2.78. The zero-order valence-electron chi connectivity index (χ0n) is 8.49. The fourth-order valence-corrected chi connectivity index (χ4v) is 1.11. The molecule has 0 aromatic carbocycles. The van der Waals surface area contributed by atoms with Gasteiger partial charge in [-0.3, -0.25) is 0 Å². The van der Waals surface area contributed by atoms with Crippen LogP contribution in [0.5, 0.6) is 11.9 Å². The third-order valence-corrected chi connectivity index (χ3v) is 1.83. The van der Waals surface area contributed by atoms with Crippen molar-refractivity contribution in [2.75, 3.05) is 20.8 Å². The predicted octanol–water partition coefficient (Wildman–Crippen LogP) is 0.385. The first-order valence-corrected chi connectivity index (χ1v) is 4.45. The highest BCUT2D eigenvalue weighted by Gasteiger charge is 2.06. The van der Waals surface area contributed by atoms with Crippen molar-refractivity contribution in [2.24, 2.45) is 5.73 Å². The van der Waals surface area contributed by atoms with Gasteiger partial charge in [0.05, 0.1) is 14.2 Å². The van der Waals surface area contributed by atoms with E-state index in [1.54, 1.807) is 13.3 Å². The van der Waals surface area contributed by atoms with Crippen LogP contribution in [-0.4, -0.2) is 30.7 Å². The van der Waals surface area contributed by atoms with Crippen molar-refractivity contribution in [3.8, 4) is 11.9 Å². The van der Waals surface area contributed by atoms with Crippen LogP contribution in [0.2, 0.25) is 0 Å². The maximum absolute atomic E-state index is 5.42. The summed E-state index contributed by atoms with van der Waals surface area (Å²) in [4.78, 5) is 8.07. The van der Waals surface area contributed by atoms with Gasteiger partial charge in [-0.2, -0.15) is 4.98 Å². The number of aryl methyl sites for hydroxylation is 1. The Kier molecular flexibility index (Phi) is 4.12. The molecule has 1 heterocycles. The van der Waals surface area contributed by atoms with Gasteiger partial charge in [0.2, 0.25) is 5.88 Å². The first-order chi connectivity index (χ1) is 6.81. The second kappa shape index (κ2) is 5.39. The van der Waals surface area contributed by atoms with E-state index in [4.69, 9.17) is 15.2 Å². The van der Waals surface area contributed by atoms with E-state index in [9.17, 15) is 0 Å². The highest BCUT2D eigenvalue weighted by molar-refractivity contribution is 5.25. The fraction of sp³-hybridized carbons (Fsp3) is 0.556. The minimum absolute atomic E-state index is 0.318. The van der Waals surface area contributed by atoms with E-state index >= 15 is 0 Å². The molecule has 0 spiro atoms. The number of nitrogens with two attached hydrogens (primary N) is 1. The zero-order valence-corrected chi connectivity index (χ0v) is 8.49. The monoisotopic (exact) mass is 197 g/mol. The number of methoxy groups -OCH3 is 2. The van der Waals surface area contributed by atoms with E-state index in [0.717, 1.165) is 18.4 Å². The predicted molar refractivity (Wildman–Crippen MR) is 52.5 cm³/mol. The summed E-state index contributed by atoms with van der Waals surface area (Å²) in [6.07, 6.45) is 3.43. The van der Waals surface area contributed by atoms with Crippen LogP contribution < -0.4 is 15.2 Å². The fourth-order valence-electron chi connectivity index (χ4n) is 1.11.